The molecule has 0 aromatic rings. The van der Waals surface area contributed by atoms with Crippen LogP contribution >= 0.6 is 0 Å². The van der Waals surface area contributed by atoms with Gasteiger partial charge < -0.3 is 14.2 Å². The third kappa shape index (κ3) is 51.2. The molecule has 0 aromatic carbocycles. The molecule has 0 rings (SSSR count). The first-order valence-electron chi connectivity index (χ1n) is 26.7. The summed E-state index contributed by atoms with van der Waals surface area (Å²) in [7, 11) is 0. The fourth-order valence-electron chi connectivity index (χ4n) is 7.15. The van der Waals surface area contributed by atoms with Crippen LogP contribution in [0, 0.1) is 0 Å². The number of esters is 3. The van der Waals surface area contributed by atoms with Crippen molar-refractivity contribution in [3.05, 3.63) is 97.2 Å². The van der Waals surface area contributed by atoms with Gasteiger partial charge in [-0.05, 0) is 83.5 Å². The number of allylic oxidation sites excluding steroid dienone is 16. The van der Waals surface area contributed by atoms with E-state index < -0.39 is 6.10 Å². The molecule has 0 amide bonds. The SMILES string of the molecule is CC/C=C\C/C=C\C/C=C\C/C=C\CCCCCCC(=O)OCC(COC(=O)CC/C=C\C/C=C\C/C=C\C/C=C\CC)OC(=O)CCCCCCCCCCCCCCCCCCC. The van der Waals surface area contributed by atoms with Crippen LogP contribution in [0.1, 0.15) is 239 Å². The maximum atomic E-state index is 12.8. The molecule has 0 N–H and O–H groups in total. The normalized spacial score (nSPS) is 12.8. The minimum Gasteiger partial charge on any atom is -0.462 e. The van der Waals surface area contributed by atoms with E-state index in [0.29, 0.717) is 19.3 Å². The zero-order chi connectivity index (χ0) is 47.2. The van der Waals surface area contributed by atoms with Crippen LogP contribution in [0.5, 0.6) is 0 Å². The van der Waals surface area contributed by atoms with E-state index in [1.165, 1.54) is 89.9 Å². The lowest BCUT2D eigenvalue weighted by Crippen LogP contribution is -2.30. The molecule has 1 atom stereocenters. The molecule has 0 aliphatic carbocycles. The second kappa shape index (κ2) is 52.9. The average Bonchev–Trinajstić information content (AvgIpc) is 3.30. The van der Waals surface area contributed by atoms with Crippen LogP contribution in [0.2, 0.25) is 0 Å². The van der Waals surface area contributed by atoms with Crippen molar-refractivity contribution in [2.75, 3.05) is 13.2 Å². The lowest BCUT2D eigenvalue weighted by atomic mass is 10.0. The average molecular weight is 903 g/mol. The molecule has 0 aliphatic heterocycles. The van der Waals surface area contributed by atoms with Crippen molar-refractivity contribution < 1.29 is 28.6 Å². The van der Waals surface area contributed by atoms with E-state index in [9.17, 15) is 14.4 Å². The highest BCUT2D eigenvalue weighted by Crippen LogP contribution is 2.15. The van der Waals surface area contributed by atoms with E-state index in [2.05, 4.69) is 106 Å². The Labute approximate surface area is 400 Å². The summed E-state index contributed by atoms with van der Waals surface area (Å²) in [6.45, 7) is 6.33. The highest BCUT2D eigenvalue weighted by atomic mass is 16.6. The van der Waals surface area contributed by atoms with Crippen LogP contribution in [0.25, 0.3) is 0 Å². The number of rotatable bonds is 47. The van der Waals surface area contributed by atoms with Gasteiger partial charge in [0.05, 0.1) is 0 Å². The summed E-state index contributed by atoms with van der Waals surface area (Å²) >= 11 is 0. The Morgan fingerprint density at radius 3 is 1.03 bits per heavy atom. The zero-order valence-corrected chi connectivity index (χ0v) is 42.2. The van der Waals surface area contributed by atoms with Crippen molar-refractivity contribution in [1.82, 2.24) is 0 Å². The smallest absolute Gasteiger partial charge is 0.306 e. The third-order valence-electron chi connectivity index (χ3n) is 11.1. The van der Waals surface area contributed by atoms with Crippen LogP contribution in [0.15, 0.2) is 97.2 Å². The predicted molar refractivity (Wildman–Crippen MR) is 279 cm³/mol. The summed E-state index contributed by atoms with van der Waals surface area (Å²) in [5, 5.41) is 0. The van der Waals surface area contributed by atoms with Gasteiger partial charge in [0.1, 0.15) is 13.2 Å². The molecule has 65 heavy (non-hydrogen) atoms. The molecule has 0 saturated carbocycles. The molecule has 0 fully saturated rings. The Hall–Kier alpha value is -3.67. The lowest BCUT2D eigenvalue weighted by molar-refractivity contribution is -0.166. The topological polar surface area (TPSA) is 78.9 Å². The number of carbonyl (C=O) groups is 3. The molecule has 0 radical (unpaired) electrons. The van der Waals surface area contributed by atoms with E-state index in [4.69, 9.17) is 14.2 Å². The summed E-state index contributed by atoms with van der Waals surface area (Å²) < 4.78 is 16.7. The third-order valence-corrected chi connectivity index (χ3v) is 11.1. The van der Waals surface area contributed by atoms with Crippen molar-refractivity contribution >= 4 is 17.9 Å². The van der Waals surface area contributed by atoms with Gasteiger partial charge in [0, 0.05) is 19.3 Å². The minimum absolute atomic E-state index is 0.112. The van der Waals surface area contributed by atoms with Gasteiger partial charge in [0.25, 0.3) is 0 Å². The Bertz CT molecular complexity index is 1310. The van der Waals surface area contributed by atoms with Gasteiger partial charge >= 0.3 is 17.9 Å². The van der Waals surface area contributed by atoms with Crippen molar-refractivity contribution in [3.8, 4) is 0 Å². The number of unbranched alkanes of at least 4 members (excludes halogenated alkanes) is 20. The molecule has 0 spiro atoms. The molecule has 370 valence electrons. The van der Waals surface area contributed by atoms with Crippen molar-refractivity contribution in [2.45, 2.75) is 245 Å². The second-order valence-corrected chi connectivity index (χ2v) is 17.4. The fraction of sp³-hybridized carbons (Fsp3) is 0.678. The number of carbonyl (C=O) groups excluding carboxylic acids is 3. The van der Waals surface area contributed by atoms with Gasteiger partial charge in [-0.1, -0.05) is 234 Å². The van der Waals surface area contributed by atoms with Gasteiger partial charge in [-0.15, -0.1) is 0 Å². The van der Waals surface area contributed by atoms with E-state index in [0.717, 1.165) is 103 Å². The van der Waals surface area contributed by atoms with Crippen LogP contribution < -0.4 is 0 Å². The molecule has 0 aliphatic rings. The first kappa shape index (κ1) is 61.3. The maximum Gasteiger partial charge on any atom is 0.306 e. The fourth-order valence-corrected chi connectivity index (χ4v) is 7.15. The van der Waals surface area contributed by atoms with Crippen LogP contribution in [-0.2, 0) is 28.6 Å². The second-order valence-electron chi connectivity index (χ2n) is 17.4. The van der Waals surface area contributed by atoms with E-state index in [1.54, 1.807) is 0 Å². The van der Waals surface area contributed by atoms with E-state index in [1.807, 2.05) is 12.2 Å². The van der Waals surface area contributed by atoms with E-state index in [-0.39, 0.29) is 37.5 Å². The van der Waals surface area contributed by atoms with Crippen molar-refractivity contribution in [3.63, 3.8) is 0 Å². The van der Waals surface area contributed by atoms with Crippen LogP contribution in [0.4, 0.5) is 0 Å². The summed E-state index contributed by atoms with van der Waals surface area (Å²) in [4.78, 5) is 38.0. The van der Waals surface area contributed by atoms with Crippen molar-refractivity contribution in [2.24, 2.45) is 0 Å². The quantitative estimate of drug-likeness (QED) is 0.0262. The van der Waals surface area contributed by atoms with Gasteiger partial charge in [-0.2, -0.15) is 0 Å². The maximum absolute atomic E-state index is 12.8. The Morgan fingerprint density at radius 1 is 0.323 bits per heavy atom. The first-order valence-corrected chi connectivity index (χ1v) is 26.7. The van der Waals surface area contributed by atoms with E-state index >= 15 is 0 Å². The van der Waals surface area contributed by atoms with Gasteiger partial charge in [-0.3, -0.25) is 14.4 Å². The number of hydrogen-bond acceptors (Lipinski definition) is 6. The minimum atomic E-state index is -0.815. The zero-order valence-electron chi connectivity index (χ0n) is 42.2. The highest BCUT2D eigenvalue weighted by molar-refractivity contribution is 5.71. The molecule has 6 heteroatoms. The predicted octanol–water partition coefficient (Wildman–Crippen LogP) is 17.8. The van der Waals surface area contributed by atoms with Gasteiger partial charge in [0.2, 0.25) is 0 Å². The molecule has 6 nitrogen and oxygen atoms in total. The molecule has 0 bridgehead atoms. The van der Waals surface area contributed by atoms with Crippen molar-refractivity contribution in [1.29, 1.82) is 0 Å². The molecule has 0 heterocycles. The largest absolute Gasteiger partial charge is 0.462 e. The monoisotopic (exact) mass is 903 g/mol. The number of hydrogen-bond donors (Lipinski definition) is 0. The lowest BCUT2D eigenvalue weighted by Gasteiger charge is -2.18. The summed E-state index contributed by atoms with van der Waals surface area (Å²) in [5.41, 5.74) is 0. The first-order chi connectivity index (χ1) is 32.0. The molecule has 0 aromatic heterocycles. The van der Waals surface area contributed by atoms with Crippen LogP contribution in [0.3, 0.4) is 0 Å². The molecular weight excluding hydrogens is 805 g/mol. The summed E-state index contributed by atoms with van der Waals surface area (Å²) in [6.07, 6.45) is 69.8. The molecule has 0 saturated heterocycles. The Balaban J connectivity index is 4.48. The molecule has 1 unspecified atom stereocenters. The Morgan fingerprint density at radius 2 is 0.631 bits per heavy atom. The molecular formula is C59H98O6. The summed E-state index contributed by atoms with van der Waals surface area (Å²) in [5.74, 6) is -1.02. The van der Waals surface area contributed by atoms with Gasteiger partial charge in [0.15, 0.2) is 6.10 Å². The Kier molecular flexibility index (Phi) is 50.0. The highest BCUT2D eigenvalue weighted by Gasteiger charge is 2.19. The van der Waals surface area contributed by atoms with Crippen LogP contribution in [-0.4, -0.2) is 37.2 Å². The van der Waals surface area contributed by atoms with Gasteiger partial charge in [-0.25, -0.2) is 0 Å². The number of ether oxygens (including phenoxy) is 3. The summed E-state index contributed by atoms with van der Waals surface area (Å²) in [6, 6.07) is 0. The standard InChI is InChI=1S/C59H98O6/c1-4-7-10-13-16-19-22-25-27-29-31-34-37-40-43-46-49-52-58(61)64-55-56(54-63-57(60)51-48-45-42-39-36-33-24-21-18-15-12-9-6-3)65-59(62)53-50-47-44-41-38-35-32-30-28-26-23-20-17-14-11-8-5-2/h7,9-10,12,16,18-19,21,25,27,31,33-34,36,42,45,56H,4-6,8,11,13-15,17,20,22-24,26,28-30,32,35,37-41,43-44,46-55H2,1-3H3/b10-7-,12-9-,19-16-,21-18-,27-25-,34-31-,36-33-,45-42-.